The van der Waals surface area contributed by atoms with Crippen LogP contribution in [-0.2, 0) is 4.79 Å². The van der Waals surface area contributed by atoms with Gasteiger partial charge in [0, 0.05) is 6.04 Å². The second-order valence-corrected chi connectivity index (χ2v) is 6.61. The summed E-state index contributed by atoms with van der Waals surface area (Å²) in [7, 11) is 0. The van der Waals surface area contributed by atoms with Crippen molar-refractivity contribution in [3.8, 4) is 0 Å². The highest BCUT2D eigenvalue weighted by molar-refractivity contribution is 5.86. The van der Waals surface area contributed by atoms with Gasteiger partial charge in [0.2, 0.25) is 5.91 Å². The van der Waals surface area contributed by atoms with Crippen molar-refractivity contribution in [2.24, 2.45) is 5.92 Å². The normalized spacial score (nSPS) is 33.4. The minimum Gasteiger partial charge on any atom is -0.323 e. The van der Waals surface area contributed by atoms with Crippen LogP contribution in [0, 0.1) is 5.92 Å². The molecular formula is C18H26N2O. The van der Waals surface area contributed by atoms with E-state index in [0.717, 1.165) is 30.7 Å². The number of hydrogen-bond donors (Lipinski definition) is 1. The number of amides is 1. The summed E-state index contributed by atoms with van der Waals surface area (Å²) in [4.78, 5) is 15.1. The maximum Gasteiger partial charge on any atom is 0.245 e. The minimum absolute atomic E-state index is 0.159. The lowest BCUT2D eigenvalue weighted by atomic mass is 9.86. The standard InChI is InChI=1S/C18H26N2O/c1-3-16-19-17(14-9-5-4-6-10-14)18(21)20(16)15-11-7-8-13(2)12-15/h4-6,9-10,13,15-17,19H,3,7-8,11-12H2,1-2H3. The number of benzene rings is 1. The summed E-state index contributed by atoms with van der Waals surface area (Å²) in [6, 6.07) is 10.4. The summed E-state index contributed by atoms with van der Waals surface area (Å²) in [6.45, 7) is 4.48. The number of nitrogens with zero attached hydrogens (tertiary/aromatic N) is 1. The molecule has 1 aliphatic heterocycles. The summed E-state index contributed by atoms with van der Waals surface area (Å²) < 4.78 is 0. The Labute approximate surface area is 127 Å². The fourth-order valence-electron chi connectivity index (χ4n) is 3.93. The van der Waals surface area contributed by atoms with E-state index in [-0.39, 0.29) is 18.1 Å². The van der Waals surface area contributed by atoms with Crippen LogP contribution in [0.2, 0.25) is 0 Å². The summed E-state index contributed by atoms with van der Waals surface area (Å²) in [5.41, 5.74) is 1.09. The van der Waals surface area contributed by atoms with Crippen LogP contribution in [0.4, 0.5) is 0 Å². The zero-order chi connectivity index (χ0) is 14.8. The molecule has 4 atom stereocenters. The van der Waals surface area contributed by atoms with Crippen molar-refractivity contribution in [2.75, 3.05) is 0 Å². The van der Waals surface area contributed by atoms with Gasteiger partial charge in [0.25, 0.3) is 0 Å². The lowest BCUT2D eigenvalue weighted by Crippen LogP contribution is -2.46. The van der Waals surface area contributed by atoms with Crippen molar-refractivity contribution in [2.45, 2.75) is 64.2 Å². The molecule has 2 aliphatic rings. The zero-order valence-electron chi connectivity index (χ0n) is 13.1. The Balaban J connectivity index is 1.81. The maximum absolute atomic E-state index is 12.9. The average molecular weight is 286 g/mol. The summed E-state index contributed by atoms with van der Waals surface area (Å²) >= 11 is 0. The minimum atomic E-state index is -0.159. The molecule has 1 saturated heterocycles. The van der Waals surface area contributed by atoms with Crippen LogP contribution in [-0.4, -0.2) is 23.0 Å². The number of carbonyl (C=O) groups excluding carboxylic acids is 1. The van der Waals surface area contributed by atoms with Crippen molar-refractivity contribution in [1.82, 2.24) is 10.2 Å². The van der Waals surface area contributed by atoms with Crippen LogP contribution in [0.15, 0.2) is 30.3 Å². The number of rotatable bonds is 3. The molecule has 3 nitrogen and oxygen atoms in total. The van der Waals surface area contributed by atoms with Gasteiger partial charge in [-0.25, -0.2) is 0 Å². The first kappa shape index (κ1) is 14.6. The Kier molecular flexibility index (Phi) is 4.29. The van der Waals surface area contributed by atoms with Gasteiger partial charge in [0.05, 0.1) is 6.17 Å². The van der Waals surface area contributed by atoms with E-state index < -0.39 is 0 Å². The number of hydrogen-bond acceptors (Lipinski definition) is 2. The van der Waals surface area contributed by atoms with E-state index in [0.29, 0.717) is 6.04 Å². The first-order valence-corrected chi connectivity index (χ1v) is 8.34. The van der Waals surface area contributed by atoms with Gasteiger partial charge in [-0.05, 0) is 30.7 Å². The van der Waals surface area contributed by atoms with E-state index >= 15 is 0 Å². The smallest absolute Gasteiger partial charge is 0.245 e. The first-order valence-electron chi connectivity index (χ1n) is 8.34. The van der Waals surface area contributed by atoms with E-state index in [4.69, 9.17) is 0 Å². The maximum atomic E-state index is 12.9. The van der Waals surface area contributed by atoms with Crippen LogP contribution in [0.5, 0.6) is 0 Å². The van der Waals surface area contributed by atoms with Crippen molar-refractivity contribution in [3.05, 3.63) is 35.9 Å². The van der Waals surface area contributed by atoms with E-state index in [1.54, 1.807) is 0 Å². The van der Waals surface area contributed by atoms with E-state index in [1.807, 2.05) is 18.2 Å². The first-order chi connectivity index (χ1) is 10.2. The molecule has 0 radical (unpaired) electrons. The molecule has 3 heteroatoms. The molecule has 114 valence electrons. The predicted molar refractivity (Wildman–Crippen MR) is 84.7 cm³/mol. The Morgan fingerprint density at radius 3 is 2.67 bits per heavy atom. The van der Waals surface area contributed by atoms with Crippen LogP contribution >= 0.6 is 0 Å². The molecule has 1 N–H and O–H groups in total. The summed E-state index contributed by atoms with van der Waals surface area (Å²) in [6.07, 6.45) is 6.05. The highest BCUT2D eigenvalue weighted by Gasteiger charge is 2.42. The third-order valence-corrected chi connectivity index (χ3v) is 5.02. The molecule has 1 heterocycles. The van der Waals surface area contributed by atoms with Gasteiger partial charge in [-0.2, -0.15) is 0 Å². The molecule has 1 aromatic carbocycles. The van der Waals surface area contributed by atoms with Gasteiger partial charge in [0.1, 0.15) is 6.04 Å². The highest BCUT2D eigenvalue weighted by atomic mass is 16.2. The molecule has 0 aromatic heterocycles. The molecule has 3 rings (SSSR count). The highest BCUT2D eigenvalue weighted by Crippen LogP contribution is 2.34. The topological polar surface area (TPSA) is 32.3 Å². The Bertz CT molecular complexity index is 487. The largest absolute Gasteiger partial charge is 0.323 e. The van der Waals surface area contributed by atoms with Crippen molar-refractivity contribution < 1.29 is 4.79 Å². The molecule has 0 spiro atoms. The lowest BCUT2D eigenvalue weighted by Gasteiger charge is -2.37. The van der Waals surface area contributed by atoms with Crippen molar-refractivity contribution in [1.29, 1.82) is 0 Å². The molecule has 0 bridgehead atoms. The van der Waals surface area contributed by atoms with E-state index in [9.17, 15) is 4.79 Å². The van der Waals surface area contributed by atoms with Crippen LogP contribution < -0.4 is 5.32 Å². The van der Waals surface area contributed by atoms with Crippen LogP contribution in [0.1, 0.15) is 57.6 Å². The second kappa shape index (κ2) is 6.18. The van der Waals surface area contributed by atoms with Gasteiger partial charge in [-0.15, -0.1) is 0 Å². The fourth-order valence-corrected chi connectivity index (χ4v) is 3.93. The van der Waals surface area contributed by atoms with Gasteiger partial charge >= 0.3 is 0 Å². The predicted octanol–water partition coefficient (Wildman–Crippen LogP) is 3.47. The van der Waals surface area contributed by atoms with Gasteiger partial charge in [0.15, 0.2) is 0 Å². The molecule has 1 aromatic rings. The molecule has 1 aliphatic carbocycles. The Morgan fingerprint density at radius 1 is 1.24 bits per heavy atom. The summed E-state index contributed by atoms with van der Waals surface area (Å²) in [5, 5.41) is 3.55. The molecule has 2 fully saturated rings. The lowest BCUT2D eigenvalue weighted by molar-refractivity contribution is -0.133. The number of nitrogens with one attached hydrogen (secondary N) is 1. The molecule has 1 saturated carbocycles. The monoisotopic (exact) mass is 286 g/mol. The molecule has 1 amide bonds. The number of carbonyl (C=O) groups is 1. The van der Waals surface area contributed by atoms with E-state index in [1.165, 1.54) is 12.8 Å². The van der Waals surface area contributed by atoms with Gasteiger partial charge < -0.3 is 4.90 Å². The molecule has 4 unspecified atom stereocenters. The van der Waals surface area contributed by atoms with Crippen molar-refractivity contribution in [3.63, 3.8) is 0 Å². The molecule has 21 heavy (non-hydrogen) atoms. The molecular weight excluding hydrogens is 260 g/mol. The SMILES string of the molecule is CCC1NC(c2ccccc2)C(=O)N1C1CCCC(C)C1. The van der Waals surface area contributed by atoms with Crippen LogP contribution in [0.25, 0.3) is 0 Å². The fraction of sp³-hybridized carbons (Fsp3) is 0.611. The quantitative estimate of drug-likeness (QED) is 0.922. The van der Waals surface area contributed by atoms with Gasteiger partial charge in [-0.3, -0.25) is 10.1 Å². The Hall–Kier alpha value is -1.35. The second-order valence-electron chi connectivity index (χ2n) is 6.61. The average Bonchev–Trinajstić information content (AvgIpc) is 2.85. The zero-order valence-corrected chi connectivity index (χ0v) is 13.1. The third kappa shape index (κ3) is 2.84. The van der Waals surface area contributed by atoms with Crippen molar-refractivity contribution >= 4 is 5.91 Å². The Morgan fingerprint density at radius 2 is 2.00 bits per heavy atom. The third-order valence-electron chi connectivity index (χ3n) is 5.02. The van der Waals surface area contributed by atoms with E-state index in [2.05, 4.69) is 36.2 Å². The van der Waals surface area contributed by atoms with Crippen LogP contribution in [0.3, 0.4) is 0 Å². The summed E-state index contributed by atoms with van der Waals surface area (Å²) in [5.74, 6) is 1.01. The van der Waals surface area contributed by atoms with Gasteiger partial charge in [-0.1, -0.05) is 57.0 Å².